The highest BCUT2D eigenvalue weighted by Crippen LogP contribution is 2.43. The van der Waals surface area contributed by atoms with Crippen LogP contribution in [-0.2, 0) is 32.7 Å². The van der Waals surface area contributed by atoms with Gasteiger partial charge in [-0.1, -0.05) is 441 Å². The maximum atomic E-state index is 12.8. The molecule has 10 heteroatoms. The summed E-state index contributed by atoms with van der Waals surface area (Å²) in [6, 6.07) is 0. The molecular formula is C86H164NO8P. The largest absolute Gasteiger partial charge is 0.472 e. The fourth-order valence-electron chi connectivity index (χ4n) is 13.2. The molecule has 0 aromatic rings. The van der Waals surface area contributed by atoms with Gasteiger partial charge in [0.1, 0.15) is 6.61 Å². The summed E-state index contributed by atoms with van der Waals surface area (Å²) in [6.07, 6.45) is 107. The van der Waals surface area contributed by atoms with Crippen molar-refractivity contribution in [3.05, 3.63) is 48.6 Å². The summed E-state index contributed by atoms with van der Waals surface area (Å²) in [5, 5.41) is 0. The molecule has 0 spiro atoms. The molecule has 0 aliphatic carbocycles. The van der Waals surface area contributed by atoms with Gasteiger partial charge < -0.3 is 20.1 Å². The minimum Gasteiger partial charge on any atom is -0.462 e. The van der Waals surface area contributed by atoms with Crippen LogP contribution >= 0.6 is 7.82 Å². The van der Waals surface area contributed by atoms with Crippen molar-refractivity contribution in [3.8, 4) is 0 Å². The van der Waals surface area contributed by atoms with Crippen molar-refractivity contribution in [3.63, 3.8) is 0 Å². The Labute approximate surface area is 597 Å². The molecule has 9 nitrogen and oxygen atoms in total. The van der Waals surface area contributed by atoms with Crippen LogP contribution < -0.4 is 5.73 Å². The fourth-order valence-corrected chi connectivity index (χ4v) is 14.0. The van der Waals surface area contributed by atoms with Crippen molar-refractivity contribution in [2.45, 2.75) is 463 Å². The molecule has 2 atom stereocenters. The van der Waals surface area contributed by atoms with Crippen molar-refractivity contribution in [1.29, 1.82) is 0 Å². The van der Waals surface area contributed by atoms with E-state index in [9.17, 15) is 19.0 Å². The van der Waals surface area contributed by atoms with Gasteiger partial charge in [0.05, 0.1) is 13.2 Å². The molecule has 0 rings (SSSR count). The molecule has 0 saturated heterocycles. The Morgan fingerprint density at radius 1 is 0.323 bits per heavy atom. The lowest BCUT2D eigenvalue weighted by molar-refractivity contribution is -0.161. The molecule has 3 N–H and O–H groups in total. The third-order valence-corrected chi connectivity index (χ3v) is 20.5. The lowest BCUT2D eigenvalue weighted by Gasteiger charge is -2.19. The molecule has 96 heavy (non-hydrogen) atoms. The SMILES string of the molecule is CC/C=C\C/C=C\C/C=C\C/C=C\CCCCCCCCCCCCCCCCCCCCCCCCCCCCCCC(=O)OC(COC(=O)CCCCCCCCCCCCCCCCCCCCCCCCCCCCCCCCCCCC)COP(=O)(O)OCCN. The van der Waals surface area contributed by atoms with E-state index in [0.29, 0.717) is 6.42 Å². The highest BCUT2D eigenvalue weighted by Gasteiger charge is 2.26. The number of nitrogens with two attached hydrogens (primary N) is 1. The Morgan fingerprint density at radius 2 is 0.573 bits per heavy atom. The summed E-state index contributed by atoms with van der Waals surface area (Å²) >= 11 is 0. The van der Waals surface area contributed by atoms with E-state index in [4.69, 9.17) is 24.3 Å². The van der Waals surface area contributed by atoms with Crippen LogP contribution in [0, 0.1) is 0 Å². The normalized spacial score (nSPS) is 13.0. The number of hydrogen-bond donors (Lipinski definition) is 2. The van der Waals surface area contributed by atoms with Crippen molar-refractivity contribution in [2.24, 2.45) is 5.73 Å². The standard InChI is InChI=1S/C86H164NO8P/c1-3-5-7-9-11-13-15-17-19-21-23-25-27-29-31-33-35-37-39-40-41-42-43-44-45-47-49-51-53-55-57-59-61-63-65-67-69-71-73-75-77-79-86(89)95-84(83-94-96(90,91)93-81-80-87)82-92-85(88)78-76-74-72-70-68-66-64-62-60-58-56-54-52-50-48-46-38-36-34-32-30-28-26-24-22-20-18-16-14-12-10-8-6-4-2/h5,7,11,13,17,19,23,25,84H,3-4,6,8-10,12,14-16,18,20-22,24,26-83,87H2,1-2H3,(H,90,91)/b7-5-,13-11-,19-17-,25-23-. The molecule has 2 unspecified atom stereocenters. The first-order valence-corrected chi connectivity index (χ1v) is 44.1. The van der Waals surface area contributed by atoms with E-state index in [1.54, 1.807) is 0 Å². The molecule has 0 aliphatic rings. The number of hydrogen-bond acceptors (Lipinski definition) is 8. The molecule has 0 amide bonds. The van der Waals surface area contributed by atoms with Crippen LogP contribution in [0.3, 0.4) is 0 Å². The second kappa shape index (κ2) is 81.9. The van der Waals surface area contributed by atoms with Gasteiger partial charge in [-0.2, -0.15) is 0 Å². The van der Waals surface area contributed by atoms with Crippen molar-refractivity contribution >= 4 is 19.8 Å². The number of carbonyl (C=O) groups excluding carboxylic acids is 2. The molecule has 0 bridgehead atoms. The van der Waals surface area contributed by atoms with Crippen LogP contribution in [0.4, 0.5) is 0 Å². The van der Waals surface area contributed by atoms with Crippen LogP contribution in [0.25, 0.3) is 0 Å². The molecule has 0 fully saturated rings. The monoisotopic (exact) mass is 1370 g/mol. The summed E-state index contributed by atoms with van der Waals surface area (Å²) in [6.45, 7) is 3.73. The van der Waals surface area contributed by atoms with Crippen LogP contribution in [-0.4, -0.2) is 49.3 Å². The predicted molar refractivity (Wildman–Crippen MR) is 418 cm³/mol. The second-order valence-electron chi connectivity index (χ2n) is 29.0. The minimum absolute atomic E-state index is 0.0570. The first-order chi connectivity index (χ1) is 47.3. The highest BCUT2D eigenvalue weighted by atomic mass is 31.2. The number of phosphoric ester groups is 1. The number of phosphoric acid groups is 1. The van der Waals surface area contributed by atoms with Crippen LogP contribution in [0.15, 0.2) is 48.6 Å². The molecule has 0 saturated carbocycles. The molecule has 0 heterocycles. The molecule has 0 aromatic heterocycles. The number of rotatable bonds is 82. The van der Waals surface area contributed by atoms with Crippen LogP contribution in [0.1, 0.15) is 457 Å². The van der Waals surface area contributed by atoms with Gasteiger partial charge in [0.2, 0.25) is 0 Å². The van der Waals surface area contributed by atoms with E-state index < -0.39 is 26.5 Å². The van der Waals surface area contributed by atoms with E-state index in [0.717, 1.165) is 57.8 Å². The Hall–Kier alpha value is -2.03. The zero-order valence-corrected chi connectivity index (χ0v) is 65.0. The fraction of sp³-hybridized carbons (Fsp3) is 0.884. The summed E-state index contributed by atoms with van der Waals surface area (Å²) < 4.78 is 33.3. The number of carbonyl (C=O) groups is 2. The quantitative estimate of drug-likeness (QED) is 0.0264. The molecule has 566 valence electrons. The van der Waals surface area contributed by atoms with Crippen LogP contribution in [0.2, 0.25) is 0 Å². The molecule has 0 aromatic carbocycles. The van der Waals surface area contributed by atoms with E-state index >= 15 is 0 Å². The maximum Gasteiger partial charge on any atom is 0.472 e. The van der Waals surface area contributed by atoms with Gasteiger partial charge in [0.25, 0.3) is 0 Å². The van der Waals surface area contributed by atoms with Gasteiger partial charge in [-0.05, 0) is 51.4 Å². The van der Waals surface area contributed by atoms with Gasteiger partial charge in [-0.3, -0.25) is 18.6 Å². The predicted octanol–water partition coefficient (Wildman–Crippen LogP) is 28.7. The lowest BCUT2D eigenvalue weighted by atomic mass is 10.0. The van der Waals surface area contributed by atoms with Gasteiger partial charge >= 0.3 is 19.8 Å². The van der Waals surface area contributed by atoms with Gasteiger partial charge in [-0.15, -0.1) is 0 Å². The lowest BCUT2D eigenvalue weighted by Crippen LogP contribution is -2.29. The molecule has 0 aliphatic heterocycles. The van der Waals surface area contributed by atoms with Gasteiger partial charge in [-0.25, -0.2) is 4.57 Å². The molecule has 0 radical (unpaired) electrons. The average molecular weight is 1370 g/mol. The summed E-state index contributed by atoms with van der Waals surface area (Å²) in [7, 11) is -4.39. The minimum atomic E-state index is -4.39. The first kappa shape index (κ1) is 94.0. The first-order valence-electron chi connectivity index (χ1n) is 42.6. The Balaban J connectivity index is 3.71. The Morgan fingerprint density at radius 3 is 0.854 bits per heavy atom. The number of esters is 2. The number of allylic oxidation sites excluding steroid dienone is 8. The van der Waals surface area contributed by atoms with Crippen molar-refractivity contribution < 1.29 is 37.6 Å². The van der Waals surface area contributed by atoms with E-state index in [1.165, 1.54) is 366 Å². The number of ether oxygens (including phenoxy) is 2. The second-order valence-corrected chi connectivity index (χ2v) is 30.5. The third-order valence-electron chi connectivity index (χ3n) is 19.5. The van der Waals surface area contributed by atoms with Gasteiger partial charge in [0.15, 0.2) is 6.10 Å². The van der Waals surface area contributed by atoms with Gasteiger partial charge in [0, 0.05) is 19.4 Å². The Kier molecular flexibility index (Phi) is 80.2. The smallest absolute Gasteiger partial charge is 0.462 e. The maximum absolute atomic E-state index is 12.8. The highest BCUT2D eigenvalue weighted by molar-refractivity contribution is 7.47. The Bertz CT molecular complexity index is 1720. The van der Waals surface area contributed by atoms with Crippen molar-refractivity contribution in [1.82, 2.24) is 0 Å². The third kappa shape index (κ3) is 80.9. The summed E-state index contributed by atoms with van der Waals surface area (Å²) in [4.78, 5) is 35.5. The topological polar surface area (TPSA) is 134 Å². The van der Waals surface area contributed by atoms with E-state index in [1.807, 2.05) is 0 Å². The van der Waals surface area contributed by atoms with E-state index in [2.05, 4.69) is 62.5 Å². The average Bonchev–Trinajstić information content (AvgIpc) is 2.32. The molecular weight excluding hydrogens is 1210 g/mol. The summed E-state index contributed by atoms with van der Waals surface area (Å²) in [5.74, 6) is -0.798. The zero-order valence-electron chi connectivity index (χ0n) is 64.1. The number of unbranched alkanes of at least 4 members (excludes halogenated alkanes) is 61. The summed E-state index contributed by atoms with van der Waals surface area (Å²) in [5.41, 5.74) is 5.42. The zero-order chi connectivity index (χ0) is 69.3. The van der Waals surface area contributed by atoms with Crippen LogP contribution in [0.5, 0.6) is 0 Å². The van der Waals surface area contributed by atoms with Crippen molar-refractivity contribution in [2.75, 3.05) is 26.4 Å². The van der Waals surface area contributed by atoms with E-state index in [-0.39, 0.29) is 38.6 Å².